The third-order valence-corrected chi connectivity index (χ3v) is 4.93. The van der Waals surface area contributed by atoms with Crippen LogP contribution in [0.3, 0.4) is 0 Å². The van der Waals surface area contributed by atoms with Crippen molar-refractivity contribution in [2.45, 2.75) is 12.5 Å². The van der Waals surface area contributed by atoms with Gasteiger partial charge in [-0.25, -0.2) is 0 Å². The van der Waals surface area contributed by atoms with Crippen LogP contribution in [0.1, 0.15) is 6.42 Å². The van der Waals surface area contributed by atoms with Crippen LogP contribution >= 0.6 is 0 Å². The first kappa shape index (κ1) is 19.7. The average molecular weight is 405 g/mol. The fraction of sp³-hybridized carbons (Fsp3) is 0.261. The number of ether oxygens (including phenoxy) is 3. The minimum atomic E-state index is -0.109. The van der Waals surface area contributed by atoms with Crippen LogP contribution < -0.4 is 14.2 Å². The number of carbonyl (C=O) groups excluding carboxylic acids is 1. The summed E-state index contributed by atoms with van der Waals surface area (Å²) in [6, 6.07) is 21.3. The molecule has 154 valence electrons. The average Bonchev–Trinajstić information content (AvgIpc) is 3.27. The van der Waals surface area contributed by atoms with E-state index in [0.29, 0.717) is 30.6 Å². The number of carbonyl (C=O) groups is 1. The summed E-state index contributed by atoms with van der Waals surface area (Å²) in [4.78, 5) is 14.2. The fourth-order valence-electron chi connectivity index (χ4n) is 3.31. The molecule has 2 aromatic carbocycles. The molecular weight excluding hydrogens is 382 g/mol. The third kappa shape index (κ3) is 4.86. The van der Waals surface area contributed by atoms with Gasteiger partial charge < -0.3 is 19.1 Å². The molecule has 1 aliphatic rings. The van der Waals surface area contributed by atoms with E-state index < -0.39 is 0 Å². The molecule has 3 aromatic rings. The van der Waals surface area contributed by atoms with Crippen LogP contribution in [-0.4, -0.2) is 53.9 Å². The van der Waals surface area contributed by atoms with E-state index >= 15 is 0 Å². The normalized spacial score (nSPS) is 15.6. The SMILES string of the molecule is COc1ccc(OC2CCN(C(=O)COc3ccc(-c4ccccc4)cc3)C2)nn1. The number of methoxy groups -OCH3 is 1. The lowest BCUT2D eigenvalue weighted by Gasteiger charge is -2.17. The third-order valence-electron chi connectivity index (χ3n) is 4.93. The molecule has 1 aliphatic heterocycles. The lowest BCUT2D eigenvalue weighted by molar-refractivity contribution is -0.132. The molecule has 0 saturated carbocycles. The molecule has 1 fully saturated rings. The molecule has 1 atom stereocenters. The fourth-order valence-corrected chi connectivity index (χ4v) is 3.31. The van der Waals surface area contributed by atoms with Gasteiger partial charge in [-0.3, -0.25) is 4.79 Å². The van der Waals surface area contributed by atoms with Crippen LogP contribution in [0.5, 0.6) is 17.5 Å². The van der Waals surface area contributed by atoms with Gasteiger partial charge >= 0.3 is 0 Å². The first-order valence-corrected chi connectivity index (χ1v) is 9.82. The predicted octanol–water partition coefficient (Wildman–Crippen LogP) is 3.21. The second-order valence-corrected chi connectivity index (χ2v) is 6.96. The van der Waals surface area contributed by atoms with E-state index in [1.54, 1.807) is 17.0 Å². The summed E-state index contributed by atoms with van der Waals surface area (Å²) in [6.45, 7) is 1.13. The maximum atomic E-state index is 12.5. The zero-order valence-corrected chi connectivity index (χ0v) is 16.7. The smallest absolute Gasteiger partial charge is 0.260 e. The summed E-state index contributed by atoms with van der Waals surface area (Å²) in [6.07, 6.45) is 0.632. The first-order valence-electron chi connectivity index (χ1n) is 9.82. The van der Waals surface area contributed by atoms with E-state index in [1.807, 2.05) is 42.5 Å². The Kier molecular flexibility index (Phi) is 6.08. The Balaban J connectivity index is 1.25. The zero-order chi connectivity index (χ0) is 20.8. The van der Waals surface area contributed by atoms with Crippen LogP contribution in [0.25, 0.3) is 11.1 Å². The van der Waals surface area contributed by atoms with Gasteiger partial charge in [0.2, 0.25) is 11.8 Å². The Morgan fingerprint density at radius 2 is 1.67 bits per heavy atom. The van der Waals surface area contributed by atoms with E-state index in [4.69, 9.17) is 14.2 Å². The Morgan fingerprint density at radius 3 is 2.37 bits per heavy atom. The minimum Gasteiger partial charge on any atom is -0.484 e. The van der Waals surface area contributed by atoms with Gasteiger partial charge in [0.1, 0.15) is 11.9 Å². The maximum absolute atomic E-state index is 12.5. The van der Waals surface area contributed by atoms with Crippen molar-refractivity contribution in [1.82, 2.24) is 15.1 Å². The largest absolute Gasteiger partial charge is 0.484 e. The number of likely N-dealkylation sites (tertiary alicyclic amines) is 1. The number of benzene rings is 2. The monoisotopic (exact) mass is 405 g/mol. The van der Waals surface area contributed by atoms with Gasteiger partial charge in [-0.05, 0) is 23.3 Å². The number of hydrogen-bond acceptors (Lipinski definition) is 6. The van der Waals surface area contributed by atoms with Crippen molar-refractivity contribution in [2.75, 3.05) is 26.8 Å². The molecule has 1 unspecified atom stereocenters. The Labute approximate surface area is 175 Å². The molecule has 7 heteroatoms. The van der Waals surface area contributed by atoms with Crippen LogP contribution in [0.4, 0.5) is 0 Å². The predicted molar refractivity (Wildman–Crippen MR) is 112 cm³/mol. The lowest BCUT2D eigenvalue weighted by Crippen LogP contribution is -2.34. The van der Waals surface area contributed by atoms with Crippen molar-refractivity contribution in [3.05, 3.63) is 66.7 Å². The molecule has 0 aliphatic carbocycles. The Bertz CT molecular complexity index is 962. The molecule has 30 heavy (non-hydrogen) atoms. The van der Waals surface area contributed by atoms with E-state index in [-0.39, 0.29) is 18.6 Å². The van der Waals surface area contributed by atoms with Crippen LogP contribution in [0.15, 0.2) is 66.7 Å². The second-order valence-electron chi connectivity index (χ2n) is 6.96. The molecule has 0 bridgehead atoms. The summed E-state index contributed by atoms with van der Waals surface area (Å²) in [5.41, 5.74) is 2.25. The highest BCUT2D eigenvalue weighted by molar-refractivity contribution is 5.78. The van der Waals surface area contributed by atoms with Crippen molar-refractivity contribution in [3.63, 3.8) is 0 Å². The summed E-state index contributed by atoms with van der Waals surface area (Å²) in [5, 5.41) is 7.85. The number of hydrogen-bond donors (Lipinski definition) is 0. The van der Waals surface area contributed by atoms with Crippen molar-refractivity contribution in [3.8, 4) is 28.6 Å². The van der Waals surface area contributed by atoms with Gasteiger partial charge in [-0.2, -0.15) is 0 Å². The summed E-state index contributed by atoms with van der Waals surface area (Å²) in [5.74, 6) is 1.46. The number of aromatic nitrogens is 2. The van der Waals surface area contributed by atoms with Crippen molar-refractivity contribution in [2.24, 2.45) is 0 Å². The van der Waals surface area contributed by atoms with Crippen molar-refractivity contribution in [1.29, 1.82) is 0 Å². The van der Waals surface area contributed by atoms with Gasteiger partial charge in [-0.15, -0.1) is 10.2 Å². The molecule has 1 aromatic heterocycles. The topological polar surface area (TPSA) is 73.8 Å². The standard InChI is InChI=1S/C23H23N3O4/c1-28-21-11-12-22(25-24-21)30-20-13-14-26(15-20)23(27)16-29-19-9-7-18(8-10-19)17-5-3-2-4-6-17/h2-12,20H,13-16H2,1H3. The molecule has 1 saturated heterocycles. The first-order chi connectivity index (χ1) is 14.7. The molecule has 2 heterocycles. The van der Waals surface area contributed by atoms with E-state index in [0.717, 1.165) is 17.5 Å². The van der Waals surface area contributed by atoms with Crippen molar-refractivity contribution >= 4 is 5.91 Å². The molecule has 7 nitrogen and oxygen atoms in total. The summed E-state index contributed by atoms with van der Waals surface area (Å²) < 4.78 is 16.5. The highest BCUT2D eigenvalue weighted by atomic mass is 16.5. The Hall–Kier alpha value is -3.61. The molecule has 0 N–H and O–H groups in total. The maximum Gasteiger partial charge on any atom is 0.260 e. The number of amides is 1. The zero-order valence-electron chi connectivity index (χ0n) is 16.7. The van der Waals surface area contributed by atoms with Crippen LogP contribution in [0.2, 0.25) is 0 Å². The van der Waals surface area contributed by atoms with E-state index in [2.05, 4.69) is 22.3 Å². The summed E-state index contributed by atoms with van der Waals surface area (Å²) >= 11 is 0. The molecule has 0 spiro atoms. The molecule has 1 amide bonds. The molecular formula is C23H23N3O4. The number of rotatable bonds is 7. The lowest BCUT2D eigenvalue weighted by atomic mass is 10.1. The van der Waals surface area contributed by atoms with E-state index in [1.165, 1.54) is 7.11 Å². The highest BCUT2D eigenvalue weighted by Gasteiger charge is 2.28. The van der Waals surface area contributed by atoms with E-state index in [9.17, 15) is 4.79 Å². The molecule has 0 radical (unpaired) electrons. The molecule has 4 rings (SSSR count). The second kappa shape index (κ2) is 9.26. The van der Waals surface area contributed by atoms with Gasteiger partial charge in [0.05, 0.1) is 13.7 Å². The van der Waals surface area contributed by atoms with Crippen molar-refractivity contribution < 1.29 is 19.0 Å². The highest BCUT2D eigenvalue weighted by Crippen LogP contribution is 2.22. The van der Waals surface area contributed by atoms with Crippen LogP contribution in [0, 0.1) is 0 Å². The summed E-state index contributed by atoms with van der Waals surface area (Å²) in [7, 11) is 1.53. The van der Waals surface area contributed by atoms with Gasteiger partial charge in [0.25, 0.3) is 5.91 Å². The Morgan fingerprint density at radius 1 is 0.967 bits per heavy atom. The van der Waals surface area contributed by atoms with Gasteiger partial charge in [0.15, 0.2) is 6.61 Å². The van der Waals surface area contributed by atoms with Crippen LogP contribution in [-0.2, 0) is 4.79 Å². The van der Waals surface area contributed by atoms with Gasteiger partial charge in [0, 0.05) is 25.1 Å². The number of nitrogens with zero attached hydrogens (tertiary/aromatic N) is 3. The van der Waals surface area contributed by atoms with Gasteiger partial charge in [-0.1, -0.05) is 42.5 Å². The minimum absolute atomic E-state index is 0.000253. The quantitative estimate of drug-likeness (QED) is 0.601.